The predicted molar refractivity (Wildman–Crippen MR) is 83.9 cm³/mol. The molecule has 0 atom stereocenters. The van der Waals surface area contributed by atoms with E-state index in [1.807, 2.05) is 19.1 Å². The van der Waals surface area contributed by atoms with Gasteiger partial charge in [-0.05, 0) is 25.1 Å². The van der Waals surface area contributed by atoms with Gasteiger partial charge < -0.3 is 14.1 Å². The Hall–Kier alpha value is -2.90. The number of piperidine rings is 1. The molecule has 1 fully saturated rings. The molecule has 1 amide bonds. The van der Waals surface area contributed by atoms with Gasteiger partial charge in [-0.2, -0.15) is 0 Å². The molecule has 0 aromatic carbocycles. The number of aryl methyl sites for hydroxylation is 1. The lowest BCUT2D eigenvalue weighted by atomic mass is 10.1. The van der Waals surface area contributed by atoms with Crippen LogP contribution in [0.5, 0.6) is 5.75 Å². The van der Waals surface area contributed by atoms with E-state index in [0.29, 0.717) is 31.7 Å². The maximum Gasteiger partial charge on any atom is 0.433 e. The number of pyridine rings is 1. The number of nitro groups is 1. The minimum Gasteiger partial charge on any atom is -0.489 e. The quantitative estimate of drug-likeness (QED) is 0.631. The second-order valence-electron chi connectivity index (χ2n) is 5.64. The zero-order valence-electron chi connectivity index (χ0n) is 13.2. The molecule has 1 aliphatic rings. The first kappa shape index (κ1) is 16.0. The van der Waals surface area contributed by atoms with Crippen molar-refractivity contribution in [3.05, 3.63) is 52.0 Å². The van der Waals surface area contributed by atoms with Gasteiger partial charge in [-0.25, -0.2) is 0 Å². The Balaban J connectivity index is 1.55. The average molecular weight is 331 g/mol. The molecule has 0 unspecified atom stereocenters. The third-order valence-electron chi connectivity index (χ3n) is 3.90. The van der Waals surface area contributed by atoms with Gasteiger partial charge in [0.05, 0.1) is 12.3 Å². The number of aromatic nitrogens is 1. The molecule has 1 saturated heterocycles. The first-order chi connectivity index (χ1) is 11.5. The number of likely N-dealkylation sites (tertiary alicyclic amines) is 1. The van der Waals surface area contributed by atoms with E-state index in [0.717, 1.165) is 5.69 Å². The molecule has 8 nitrogen and oxygen atoms in total. The van der Waals surface area contributed by atoms with Gasteiger partial charge in [0.25, 0.3) is 5.91 Å². The van der Waals surface area contributed by atoms with Crippen LogP contribution in [0.1, 0.15) is 29.1 Å². The minimum absolute atomic E-state index is 0.0104. The largest absolute Gasteiger partial charge is 0.489 e. The lowest BCUT2D eigenvalue weighted by Crippen LogP contribution is -2.41. The number of hydrogen-bond acceptors (Lipinski definition) is 6. The van der Waals surface area contributed by atoms with E-state index in [1.54, 1.807) is 11.1 Å². The minimum atomic E-state index is -0.660. The van der Waals surface area contributed by atoms with Gasteiger partial charge >= 0.3 is 5.88 Å². The van der Waals surface area contributed by atoms with Crippen LogP contribution in [-0.4, -0.2) is 39.9 Å². The summed E-state index contributed by atoms with van der Waals surface area (Å²) in [5.41, 5.74) is 0.926. The fourth-order valence-electron chi connectivity index (χ4n) is 2.59. The maximum atomic E-state index is 12.3. The summed E-state index contributed by atoms with van der Waals surface area (Å²) in [6, 6.07) is 6.29. The molecular weight excluding hydrogens is 314 g/mol. The summed E-state index contributed by atoms with van der Waals surface area (Å²) >= 11 is 0. The first-order valence-corrected chi connectivity index (χ1v) is 7.66. The van der Waals surface area contributed by atoms with E-state index in [4.69, 9.17) is 9.15 Å². The SMILES string of the molecule is Cc1ccc(OC2CCN(C(=O)c3ccc([N+](=O)[O-])o3)CC2)cn1. The zero-order valence-corrected chi connectivity index (χ0v) is 13.2. The highest BCUT2D eigenvalue weighted by Crippen LogP contribution is 2.22. The summed E-state index contributed by atoms with van der Waals surface area (Å²) in [7, 11) is 0. The molecule has 0 N–H and O–H groups in total. The number of ether oxygens (including phenoxy) is 1. The maximum absolute atomic E-state index is 12.3. The number of furan rings is 1. The Morgan fingerprint density at radius 1 is 1.33 bits per heavy atom. The van der Waals surface area contributed by atoms with Crippen LogP contribution in [0.3, 0.4) is 0 Å². The summed E-state index contributed by atoms with van der Waals surface area (Å²) in [6.45, 7) is 2.93. The Bertz CT molecular complexity index is 732. The highest BCUT2D eigenvalue weighted by molar-refractivity contribution is 5.91. The number of carbonyl (C=O) groups excluding carboxylic acids is 1. The van der Waals surface area contributed by atoms with E-state index in [-0.39, 0.29) is 17.8 Å². The topological polar surface area (TPSA) is 98.7 Å². The van der Waals surface area contributed by atoms with Gasteiger partial charge in [-0.15, -0.1) is 0 Å². The highest BCUT2D eigenvalue weighted by Gasteiger charge is 2.27. The lowest BCUT2D eigenvalue weighted by Gasteiger charge is -2.31. The summed E-state index contributed by atoms with van der Waals surface area (Å²) in [5, 5.41) is 10.6. The second kappa shape index (κ2) is 6.69. The molecule has 24 heavy (non-hydrogen) atoms. The molecule has 2 aromatic heterocycles. The normalized spacial score (nSPS) is 15.3. The number of amides is 1. The molecule has 0 radical (unpaired) electrons. The fourth-order valence-corrected chi connectivity index (χ4v) is 2.59. The van der Waals surface area contributed by atoms with Crippen molar-refractivity contribution in [1.82, 2.24) is 9.88 Å². The van der Waals surface area contributed by atoms with Crippen molar-refractivity contribution in [2.75, 3.05) is 13.1 Å². The summed E-state index contributed by atoms with van der Waals surface area (Å²) in [4.78, 5) is 28.1. The van der Waals surface area contributed by atoms with Crippen molar-refractivity contribution in [2.24, 2.45) is 0 Å². The molecule has 3 heterocycles. The number of rotatable bonds is 4. The van der Waals surface area contributed by atoms with E-state index in [2.05, 4.69) is 4.98 Å². The van der Waals surface area contributed by atoms with Crippen LogP contribution in [0.25, 0.3) is 0 Å². The van der Waals surface area contributed by atoms with Crippen LogP contribution in [0.4, 0.5) is 5.88 Å². The number of nitrogens with zero attached hydrogens (tertiary/aromatic N) is 3. The van der Waals surface area contributed by atoms with Gasteiger partial charge in [-0.1, -0.05) is 0 Å². The van der Waals surface area contributed by atoms with Crippen LogP contribution in [0, 0.1) is 17.0 Å². The molecule has 2 aromatic rings. The molecule has 0 aliphatic carbocycles. The van der Waals surface area contributed by atoms with Gasteiger partial charge in [0.15, 0.2) is 5.76 Å². The molecule has 0 spiro atoms. The van der Waals surface area contributed by atoms with Gasteiger partial charge in [0.1, 0.15) is 16.8 Å². The van der Waals surface area contributed by atoms with E-state index in [1.165, 1.54) is 12.1 Å². The van der Waals surface area contributed by atoms with Gasteiger partial charge in [-0.3, -0.25) is 19.9 Å². The van der Waals surface area contributed by atoms with Gasteiger partial charge in [0, 0.05) is 31.6 Å². The first-order valence-electron chi connectivity index (χ1n) is 7.66. The van der Waals surface area contributed by atoms with E-state index in [9.17, 15) is 14.9 Å². The zero-order chi connectivity index (χ0) is 17.1. The monoisotopic (exact) mass is 331 g/mol. The van der Waals surface area contributed by atoms with Crippen LogP contribution < -0.4 is 4.74 Å². The molecule has 0 bridgehead atoms. The third-order valence-corrected chi connectivity index (χ3v) is 3.90. The van der Waals surface area contributed by atoms with Crippen molar-refractivity contribution >= 4 is 11.8 Å². The predicted octanol–water partition coefficient (Wildman–Crippen LogP) is 2.57. The standard InChI is InChI=1S/C16H17N3O5/c1-11-2-3-13(10-17-11)23-12-6-8-18(9-7-12)16(20)14-4-5-15(24-14)19(21)22/h2-5,10,12H,6-9H2,1H3. The highest BCUT2D eigenvalue weighted by atomic mass is 16.6. The summed E-state index contributed by atoms with van der Waals surface area (Å²) in [5.74, 6) is -0.0576. The van der Waals surface area contributed by atoms with Crippen LogP contribution in [-0.2, 0) is 0 Å². The molecule has 3 rings (SSSR count). The molecule has 126 valence electrons. The molecule has 0 saturated carbocycles. The third kappa shape index (κ3) is 3.53. The van der Waals surface area contributed by atoms with Crippen molar-refractivity contribution < 1.29 is 18.9 Å². The van der Waals surface area contributed by atoms with Crippen molar-refractivity contribution in [3.63, 3.8) is 0 Å². The molecule has 8 heteroatoms. The molecule has 1 aliphatic heterocycles. The van der Waals surface area contributed by atoms with Crippen LogP contribution in [0.2, 0.25) is 0 Å². The summed E-state index contributed by atoms with van der Waals surface area (Å²) < 4.78 is 10.8. The number of carbonyl (C=O) groups is 1. The van der Waals surface area contributed by atoms with Gasteiger partial charge in [0.2, 0.25) is 0 Å². The van der Waals surface area contributed by atoms with Crippen molar-refractivity contribution in [1.29, 1.82) is 0 Å². The summed E-state index contributed by atoms with van der Waals surface area (Å²) in [6.07, 6.45) is 3.07. The lowest BCUT2D eigenvalue weighted by molar-refractivity contribution is -0.402. The van der Waals surface area contributed by atoms with Crippen molar-refractivity contribution in [3.8, 4) is 5.75 Å². The Labute approximate surface area is 138 Å². The van der Waals surface area contributed by atoms with Crippen LogP contribution >= 0.6 is 0 Å². The van der Waals surface area contributed by atoms with E-state index < -0.39 is 10.8 Å². The van der Waals surface area contributed by atoms with E-state index >= 15 is 0 Å². The Morgan fingerprint density at radius 3 is 2.67 bits per heavy atom. The number of hydrogen-bond donors (Lipinski definition) is 0. The average Bonchev–Trinajstić information content (AvgIpc) is 3.07. The fraction of sp³-hybridized carbons (Fsp3) is 0.375. The molecular formula is C16H17N3O5. The second-order valence-corrected chi connectivity index (χ2v) is 5.64. The Morgan fingerprint density at radius 2 is 2.08 bits per heavy atom. The van der Waals surface area contributed by atoms with Crippen LogP contribution in [0.15, 0.2) is 34.9 Å². The Kier molecular flexibility index (Phi) is 4.45. The smallest absolute Gasteiger partial charge is 0.433 e. The van der Waals surface area contributed by atoms with Crippen molar-refractivity contribution in [2.45, 2.75) is 25.9 Å².